The van der Waals surface area contributed by atoms with Crippen LogP contribution in [0.5, 0.6) is 0 Å². The number of sulfone groups is 1. The Morgan fingerprint density at radius 3 is 2.65 bits per heavy atom. The molecular weight excluding hydrogens is 442 g/mol. The van der Waals surface area contributed by atoms with Crippen molar-refractivity contribution in [3.05, 3.63) is 58.6 Å². The number of amides is 2. The lowest BCUT2D eigenvalue weighted by molar-refractivity contribution is -0.119. The van der Waals surface area contributed by atoms with Gasteiger partial charge in [-0.1, -0.05) is 23.7 Å². The fourth-order valence-corrected chi connectivity index (χ4v) is 5.39. The third kappa shape index (κ3) is 4.59. The number of hydrogen-bond acceptors (Lipinski definition) is 6. The third-order valence-electron chi connectivity index (χ3n) is 5.35. The van der Waals surface area contributed by atoms with Gasteiger partial charge in [-0.25, -0.2) is 8.42 Å². The molecule has 0 unspecified atom stereocenters. The summed E-state index contributed by atoms with van der Waals surface area (Å²) in [4.78, 5) is 27.0. The van der Waals surface area contributed by atoms with Crippen molar-refractivity contribution in [3.63, 3.8) is 0 Å². The van der Waals surface area contributed by atoms with E-state index in [1.165, 1.54) is 23.1 Å². The van der Waals surface area contributed by atoms with E-state index in [9.17, 15) is 18.0 Å². The van der Waals surface area contributed by atoms with E-state index in [2.05, 4.69) is 5.32 Å². The van der Waals surface area contributed by atoms with Crippen LogP contribution >= 0.6 is 11.6 Å². The Balaban J connectivity index is 1.74. The van der Waals surface area contributed by atoms with Crippen LogP contribution in [0.1, 0.15) is 22.3 Å². The van der Waals surface area contributed by atoms with Crippen LogP contribution in [0.15, 0.2) is 47.4 Å². The fraction of sp³-hybridized carbons (Fsp3) is 0.333. The number of carbonyl (C=O) groups is 2. The highest BCUT2D eigenvalue weighted by Crippen LogP contribution is 2.32. The van der Waals surface area contributed by atoms with Gasteiger partial charge in [0, 0.05) is 17.2 Å². The number of nitrogens with two attached hydrogens (primary N) is 1. The zero-order valence-electron chi connectivity index (χ0n) is 16.6. The van der Waals surface area contributed by atoms with Gasteiger partial charge in [-0.15, -0.1) is 0 Å². The van der Waals surface area contributed by atoms with Gasteiger partial charge < -0.3 is 20.7 Å². The van der Waals surface area contributed by atoms with Crippen molar-refractivity contribution < 1.29 is 22.7 Å². The summed E-state index contributed by atoms with van der Waals surface area (Å²) >= 11 is 5.94. The summed E-state index contributed by atoms with van der Waals surface area (Å²) in [5.41, 5.74) is 7.06. The largest absolute Gasteiger partial charge is 0.379 e. The van der Waals surface area contributed by atoms with Crippen molar-refractivity contribution in [2.45, 2.75) is 29.9 Å². The molecule has 2 aromatic rings. The number of hydrogen-bond donors (Lipinski definition) is 2. The summed E-state index contributed by atoms with van der Waals surface area (Å²) in [6, 6.07) is 9.80. The molecule has 2 amide bonds. The molecule has 2 aliphatic rings. The van der Waals surface area contributed by atoms with Crippen LogP contribution in [-0.2, 0) is 25.9 Å². The maximum absolute atomic E-state index is 13.0. The Hall–Kier alpha value is -2.46. The first-order valence-electron chi connectivity index (χ1n) is 9.81. The van der Waals surface area contributed by atoms with Crippen LogP contribution in [0.4, 0.5) is 5.69 Å². The van der Waals surface area contributed by atoms with E-state index >= 15 is 0 Å². The van der Waals surface area contributed by atoms with Gasteiger partial charge in [-0.05, 0) is 42.3 Å². The average Bonchev–Trinajstić information content (AvgIpc) is 3.23. The lowest BCUT2D eigenvalue weighted by Crippen LogP contribution is -2.45. The molecular formula is C21H22ClN3O5S. The number of nitrogens with zero attached hydrogens (tertiary/aromatic N) is 1. The first kappa shape index (κ1) is 21.8. The molecule has 0 spiro atoms. The molecule has 1 fully saturated rings. The number of anilines is 1. The number of fused-ring (bicyclic) bond motifs is 1. The average molecular weight is 464 g/mol. The monoisotopic (exact) mass is 463 g/mol. The minimum absolute atomic E-state index is 0.0245. The van der Waals surface area contributed by atoms with Crippen molar-refractivity contribution in [1.29, 1.82) is 0 Å². The molecule has 10 heteroatoms. The Morgan fingerprint density at radius 1 is 1.23 bits per heavy atom. The number of halogens is 1. The van der Waals surface area contributed by atoms with Gasteiger partial charge in [0.05, 0.1) is 41.6 Å². The molecule has 2 aliphatic heterocycles. The highest BCUT2D eigenvalue weighted by molar-refractivity contribution is 7.91. The van der Waals surface area contributed by atoms with Gasteiger partial charge in [0.25, 0.3) is 5.91 Å². The maximum atomic E-state index is 13.0. The molecule has 2 heterocycles. The SMILES string of the molecule is N[C@H]1CS(=O)(=O)c2ccc(C(=O)N[C@@H]3CCOC3)cc2N(Cc2ccc(Cl)cc2)C1=O. The van der Waals surface area contributed by atoms with Crippen LogP contribution in [0.3, 0.4) is 0 Å². The Labute approximate surface area is 185 Å². The first-order valence-corrected chi connectivity index (χ1v) is 11.8. The summed E-state index contributed by atoms with van der Waals surface area (Å²) in [5, 5.41) is 3.41. The predicted octanol–water partition coefficient (Wildman–Crippen LogP) is 1.51. The first-order chi connectivity index (χ1) is 14.7. The minimum Gasteiger partial charge on any atom is -0.379 e. The van der Waals surface area contributed by atoms with E-state index in [1.807, 2.05) is 0 Å². The lowest BCUT2D eigenvalue weighted by atomic mass is 10.1. The normalized spacial score (nSPS) is 22.6. The zero-order valence-corrected chi connectivity index (χ0v) is 18.2. The van der Waals surface area contributed by atoms with E-state index in [4.69, 9.17) is 22.1 Å². The second kappa shape index (κ2) is 8.58. The zero-order chi connectivity index (χ0) is 22.2. The quantitative estimate of drug-likeness (QED) is 0.709. The van der Waals surface area contributed by atoms with Gasteiger partial charge in [0.1, 0.15) is 0 Å². The van der Waals surface area contributed by atoms with Gasteiger partial charge in [0.15, 0.2) is 9.84 Å². The van der Waals surface area contributed by atoms with Crippen molar-refractivity contribution in [1.82, 2.24) is 5.32 Å². The molecule has 164 valence electrons. The summed E-state index contributed by atoms with van der Waals surface area (Å²) in [5.74, 6) is -1.39. The molecule has 1 saturated heterocycles. The van der Waals surface area contributed by atoms with Gasteiger partial charge >= 0.3 is 0 Å². The Kier molecular flexibility index (Phi) is 6.02. The third-order valence-corrected chi connectivity index (χ3v) is 7.41. The van der Waals surface area contributed by atoms with E-state index in [0.29, 0.717) is 24.7 Å². The number of rotatable bonds is 4. The second-order valence-corrected chi connectivity index (χ2v) is 10.1. The van der Waals surface area contributed by atoms with E-state index in [1.54, 1.807) is 24.3 Å². The van der Waals surface area contributed by atoms with Crippen LogP contribution in [0.2, 0.25) is 5.02 Å². The van der Waals surface area contributed by atoms with Crippen molar-refractivity contribution in [2.24, 2.45) is 5.73 Å². The van der Waals surface area contributed by atoms with Crippen molar-refractivity contribution >= 4 is 38.9 Å². The van der Waals surface area contributed by atoms with Gasteiger partial charge in [-0.2, -0.15) is 0 Å². The molecule has 3 N–H and O–H groups in total. The summed E-state index contributed by atoms with van der Waals surface area (Å²) in [6.45, 7) is 1.10. The second-order valence-electron chi connectivity index (χ2n) is 7.66. The lowest BCUT2D eigenvalue weighted by Gasteiger charge is -2.25. The topological polar surface area (TPSA) is 119 Å². The number of benzene rings is 2. The molecule has 0 aliphatic carbocycles. The van der Waals surface area contributed by atoms with E-state index in [0.717, 1.165) is 5.56 Å². The van der Waals surface area contributed by atoms with Gasteiger partial charge in [-0.3, -0.25) is 9.59 Å². The predicted molar refractivity (Wildman–Crippen MR) is 116 cm³/mol. The number of ether oxygens (including phenoxy) is 1. The highest BCUT2D eigenvalue weighted by Gasteiger charge is 2.36. The number of carbonyl (C=O) groups excluding carboxylic acids is 2. The molecule has 4 rings (SSSR count). The smallest absolute Gasteiger partial charge is 0.251 e. The standard InChI is InChI=1S/C21H22ClN3O5S/c22-15-4-1-13(2-5-15)10-25-18-9-14(20(26)24-16-7-8-30-11-16)3-6-19(18)31(28,29)12-17(23)21(25)27/h1-6,9,16-17H,7-8,10-12,23H2,(H,24,26)/t16-,17+/m1/s1. The summed E-state index contributed by atoms with van der Waals surface area (Å²) in [6.07, 6.45) is 0.709. The van der Waals surface area contributed by atoms with Crippen molar-refractivity contribution in [3.8, 4) is 0 Å². The fourth-order valence-electron chi connectivity index (χ4n) is 3.70. The van der Waals surface area contributed by atoms with E-state index in [-0.39, 0.29) is 34.6 Å². The molecule has 0 saturated carbocycles. The Bertz CT molecular complexity index is 1110. The van der Waals surface area contributed by atoms with Crippen LogP contribution in [-0.4, -0.2) is 51.3 Å². The van der Waals surface area contributed by atoms with Gasteiger partial charge in [0.2, 0.25) is 5.91 Å². The molecule has 8 nitrogen and oxygen atoms in total. The molecule has 0 aromatic heterocycles. The van der Waals surface area contributed by atoms with Crippen LogP contribution in [0, 0.1) is 0 Å². The molecule has 2 atom stereocenters. The van der Waals surface area contributed by atoms with Crippen molar-refractivity contribution in [2.75, 3.05) is 23.9 Å². The van der Waals surface area contributed by atoms with Crippen LogP contribution in [0.25, 0.3) is 0 Å². The summed E-state index contributed by atoms with van der Waals surface area (Å²) < 4.78 is 31.0. The highest BCUT2D eigenvalue weighted by atomic mass is 35.5. The van der Waals surface area contributed by atoms with E-state index < -0.39 is 27.5 Å². The Morgan fingerprint density at radius 2 is 1.97 bits per heavy atom. The number of nitrogens with one attached hydrogen (secondary N) is 1. The molecule has 31 heavy (non-hydrogen) atoms. The minimum atomic E-state index is -3.82. The molecule has 0 bridgehead atoms. The van der Waals surface area contributed by atoms with Crippen LogP contribution < -0.4 is 16.0 Å². The maximum Gasteiger partial charge on any atom is 0.251 e. The molecule has 0 radical (unpaired) electrons. The summed E-state index contributed by atoms with van der Waals surface area (Å²) in [7, 11) is -3.82. The molecule has 2 aromatic carbocycles.